The zero-order chi connectivity index (χ0) is 29.0. The summed E-state index contributed by atoms with van der Waals surface area (Å²) in [6, 6.07) is 21.6. The predicted octanol–water partition coefficient (Wildman–Crippen LogP) is 8.24. The molecular weight excluding hydrogens is 531 g/mol. The van der Waals surface area contributed by atoms with E-state index in [1.54, 1.807) is 24.4 Å². The molecule has 0 radical (unpaired) electrons. The van der Waals surface area contributed by atoms with E-state index in [2.05, 4.69) is 15.2 Å². The van der Waals surface area contributed by atoms with Gasteiger partial charge in [-0.1, -0.05) is 49.4 Å². The van der Waals surface area contributed by atoms with E-state index in [9.17, 15) is 18.0 Å². The molecule has 0 unspecified atom stereocenters. The lowest BCUT2D eigenvalue weighted by molar-refractivity contribution is -0.138. The van der Waals surface area contributed by atoms with Crippen molar-refractivity contribution in [3.05, 3.63) is 125 Å². The highest BCUT2D eigenvalue weighted by Crippen LogP contribution is 2.39. The van der Waals surface area contributed by atoms with Crippen LogP contribution in [-0.2, 0) is 11.0 Å². The second-order valence-corrected chi connectivity index (χ2v) is 9.17. The average molecular weight is 556 g/mol. The maximum atomic E-state index is 13.5. The summed E-state index contributed by atoms with van der Waals surface area (Å²) in [5.74, 6) is -1.11. The van der Waals surface area contributed by atoms with Crippen LogP contribution in [0.1, 0.15) is 41.2 Å². The molecule has 6 nitrogen and oxygen atoms in total. The van der Waals surface area contributed by atoms with E-state index in [1.807, 2.05) is 55.5 Å². The third-order valence-corrected chi connectivity index (χ3v) is 6.50. The maximum Gasteiger partial charge on any atom is 0.421 e. The molecule has 0 saturated heterocycles. The molecule has 0 fully saturated rings. The Balaban J connectivity index is 1.63. The van der Waals surface area contributed by atoms with Crippen LogP contribution in [0.25, 0.3) is 28.1 Å². The smallest absolute Gasteiger partial charge is 0.421 e. The molecule has 0 bridgehead atoms. The van der Waals surface area contributed by atoms with Gasteiger partial charge in [-0.25, -0.2) is 4.79 Å². The Hall–Kier alpha value is -5.18. The first-order valence-electron chi connectivity index (χ1n) is 12.7. The molecular formula is C32H24F3N3O3. The Labute approximate surface area is 233 Å². The fourth-order valence-corrected chi connectivity index (χ4v) is 4.62. The number of hydrogen-bond acceptors (Lipinski definition) is 4. The minimum Gasteiger partial charge on any atom is -0.478 e. The Morgan fingerprint density at radius 3 is 2.49 bits per heavy atom. The van der Waals surface area contributed by atoms with Crippen molar-refractivity contribution in [1.82, 2.24) is 15.2 Å². The van der Waals surface area contributed by atoms with Gasteiger partial charge in [-0.15, -0.1) is 0 Å². The van der Waals surface area contributed by atoms with Gasteiger partial charge in [0.15, 0.2) is 0 Å². The number of nitrogens with one attached hydrogen (secondary N) is 1. The van der Waals surface area contributed by atoms with Crippen molar-refractivity contribution in [2.24, 2.45) is 0 Å². The molecule has 0 amide bonds. The van der Waals surface area contributed by atoms with Crippen LogP contribution in [0, 0.1) is 0 Å². The molecule has 0 saturated carbocycles. The number of alkyl halides is 3. The molecule has 2 N–H and O–H groups in total. The summed E-state index contributed by atoms with van der Waals surface area (Å²) < 4.78 is 46.3. The number of H-pyrrole nitrogens is 1. The zero-order valence-electron chi connectivity index (χ0n) is 21.8. The first-order valence-corrected chi connectivity index (χ1v) is 12.7. The van der Waals surface area contributed by atoms with Crippen molar-refractivity contribution < 1.29 is 27.8 Å². The Bertz CT molecular complexity index is 1770. The van der Waals surface area contributed by atoms with Gasteiger partial charge >= 0.3 is 12.1 Å². The van der Waals surface area contributed by atoms with Crippen molar-refractivity contribution in [1.29, 1.82) is 0 Å². The van der Waals surface area contributed by atoms with Crippen molar-refractivity contribution in [2.45, 2.75) is 19.5 Å². The van der Waals surface area contributed by atoms with Crippen LogP contribution in [0.4, 0.5) is 13.2 Å². The molecule has 0 aliphatic rings. The third kappa shape index (κ3) is 6.19. The van der Waals surface area contributed by atoms with Crippen LogP contribution in [0.3, 0.4) is 0 Å². The van der Waals surface area contributed by atoms with Gasteiger partial charge in [0, 0.05) is 23.9 Å². The van der Waals surface area contributed by atoms with Crippen LogP contribution in [-0.4, -0.2) is 26.3 Å². The van der Waals surface area contributed by atoms with Gasteiger partial charge in [0.1, 0.15) is 17.1 Å². The minimum atomic E-state index is -4.61. The number of ether oxygens (including phenoxy) is 1. The Morgan fingerprint density at radius 2 is 1.76 bits per heavy atom. The number of nitrogens with zero attached hydrogens (tertiary/aromatic N) is 2. The average Bonchev–Trinajstić information content (AvgIpc) is 3.43. The molecule has 2 aromatic heterocycles. The number of aromatic nitrogens is 3. The number of fused-ring (bicyclic) bond motifs is 1. The summed E-state index contributed by atoms with van der Waals surface area (Å²) in [6.07, 6.45) is 2.33. The van der Waals surface area contributed by atoms with Gasteiger partial charge in [0.05, 0.1) is 11.7 Å². The number of benzene rings is 3. The minimum absolute atomic E-state index is 0.254. The topological polar surface area (TPSA) is 88.1 Å². The lowest BCUT2D eigenvalue weighted by atomic mass is 9.87. The molecule has 5 rings (SSSR count). The second kappa shape index (κ2) is 11.5. The quantitative estimate of drug-likeness (QED) is 0.149. The van der Waals surface area contributed by atoms with E-state index < -0.39 is 17.7 Å². The fourth-order valence-electron chi connectivity index (χ4n) is 4.62. The predicted molar refractivity (Wildman–Crippen MR) is 151 cm³/mol. The Morgan fingerprint density at radius 1 is 0.976 bits per heavy atom. The lowest BCUT2D eigenvalue weighted by Crippen LogP contribution is -2.07. The van der Waals surface area contributed by atoms with Crippen molar-refractivity contribution in [3.63, 3.8) is 0 Å². The number of aromatic amines is 1. The molecule has 9 heteroatoms. The standard InChI is InChI=1S/C32H24F3N3O3/c1-2-26(22-4-3-5-25(17-22)41-29-14-15-36-19-27(29)32(33,34)35)31(23-11-12-28-24(16-23)18-37-38-28)21-9-6-20(7-10-21)8-13-30(39)40/h3-19H,2H2,1H3,(H,37,38)(H,39,40). The highest BCUT2D eigenvalue weighted by Gasteiger charge is 2.35. The van der Waals surface area contributed by atoms with Crippen LogP contribution >= 0.6 is 0 Å². The summed E-state index contributed by atoms with van der Waals surface area (Å²) in [4.78, 5) is 14.5. The molecule has 0 atom stereocenters. The molecule has 5 aromatic rings. The van der Waals surface area contributed by atoms with E-state index in [-0.39, 0.29) is 11.5 Å². The summed E-state index contributed by atoms with van der Waals surface area (Å²) in [5.41, 5.74) is 5.11. The van der Waals surface area contributed by atoms with E-state index in [0.717, 1.165) is 56.6 Å². The summed E-state index contributed by atoms with van der Waals surface area (Å²) >= 11 is 0. The number of allylic oxidation sites excluding steroid dienone is 1. The largest absolute Gasteiger partial charge is 0.478 e. The van der Waals surface area contributed by atoms with Crippen LogP contribution < -0.4 is 4.74 Å². The molecule has 0 spiro atoms. The number of aliphatic carboxylic acids is 1. The summed E-state index contributed by atoms with van der Waals surface area (Å²) in [5, 5.41) is 17.0. The van der Waals surface area contributed by atoms with E-state index in [4.69, 9.17) is 9.84 Å². The first-order chi connectivity index (χ1) is 19.7. The van der Waals surface area contributed by atoms with Crippen molar-refractivity contribution >= 4 is 34.1 Å². The molecule has 2 heterocycles. The zero-order valence-corrected chi connectivity index (χ0v) is 21.8. The SMILES string of the molecule is CCC(=C(c1ccc(C=CC(=O)O)cc1)c1ccc2[nH]ncc2c1)c1cccc(Oc2ccncc2C(F)(F)F)c1. The molecule has 3 aromatic carbocycles. The normalized spacial score (nSPS) is 12.5. The van der Waals surface area contributed by atoms with E-state index in [0.29, 0.717) is 6.42 Å². The van der Waals surface area contributed by atoms with Gasteiger partial charge in [0.25, 0.3) is 0 Å². The van der Waals surface area contributed by atoms with Crippen molar-refractivity contribution in [3.8, 4) is 11.5 Å². The van der Waals surface area contributed by atoms with Gasteiger partial charge < -0.3 is 9.84 Å². The number of carboxylic acid groups (broad SMARTS) is 1. The Kier molecular flexibility index (Phi) is 7.69. The first kappa shape index (κ1) is 27.4. The molecule has 0 aliphatic heterocycles. The summed E-state index contributed by atoms with van der Waals surface area (Å²) in [6.45, 7) is 2.01. The third-order valence-electron chi connectivity index (χ3n) is 6.50. The monoisotopic (exact) mass is 555 g/mol. The van der Waals surface area contributed by atoms with Crippen LogP contribution in [0.2, 0.25) is 0 Å². The van der Waals surface area contributed by atoms with E-state index in [1.165, 1.54) is 18.3 Å². The molecule has 206 valence electrons. The number of rotatable bonds is 8. The highest BCUT2D eigenvalue weighted by molar-refractivity contribution is 6.00. The highest BCUT2D eigenvalue weighted by atomic mass is 19.4. The van der Waals surface area contributed by atoms with Crippen LogP contribution in [0.15, 0.2) is 97.5 Å². The lowest BCUT2D eigenvalue weighted by Gasteiger charge is -2.18. The van der Waals surface area contributed by atoms with Gasteiger partial charge in [-0.2, -0.15) is 18.3 Å². The second-order valence-electron chi connectivity index (χ2n) is 9.17. The van der Waals surface area contributed by atoms with Crippen LogP contribution in [0.5, 0.6) is 11.5 Å². The number of carboxylic acids is 1. The maximum absolute atomic E-state index is 13.5. The number of pyridine rings is 1. The molecule has 0 aliphatic carbocycles. The van der Waals surface area contributed by atoms with Gasteiger partial charge in [-0.3, -0.25) is 10.1 Å². The molecule has 41 heavy (non-hydrogen) atoms. The van der Waals surface area contributed by atoms with Gasteiger partial charge in [-0.05, 0) is 76.2 Å². The van der Waals surface area contributed by atoms with Crippen molar-refractivity contribution in [2.75, 3.05) is 0 Å². The van der Waals surface area contributed by atoms with E-state index >= 15 is 0 Å². The summed E-state index contributed by atoms with van der Waals surface area (Å²) in [7, 11) is 0. The van der Waals surface area contributed by atoms with Gasteiger partial charge in [0.2, 0.25) is 0 Å². The fraction of sp³-hybridized carbons (Fsp3) is 0.0938. The number of carbonyl (C=O) groups is 1. The number of hydrogen-bond donors (Lipinski definition) is 2. The number of halogens is 3.